The highest BCUT2D eigenvalue weighted by molar-refractivity contribution is 6.01. The van der Waals surface area contributed by atoms with Crippen molar-refractivity contribution in [1.29, 1.82) is 0 Å². The van der Waals surface area contributed by atoms with Gasteiger partial charge in [0.15, 0.2) is 5.78 Å². The summed E-state index contributed by atoms with van der Waals surface area (Å²) in [4.78, 5) is 26.5. The van der Waals surface area contributed by atoms with Crippen LogP contribution in [0.4, 0.5) is 0 Å². The predicted octanol–water partition coefficient (Wildman–Crippen LogP) is 5.41. The number of ether oxygens (including phenoxy) is 1. The minimum absolute atomic E-state index is 0.102. The summed E-state index contributed by atoms with van der Waals surface area (Å²) in [5.74, 6) is -1.36. The number of hydrogen-bond donors (Lipinski definition) is 1. The molecule has 0 spiro atoms. The molecule has 0 radical (unpaired) electrons. The molecule has 1 N–H and O–H groups in total. The molecule has 1 aliphatic heterocycles. The second-order valence-corrected chi connectivity index (χ2v) is 8.44. The average Bonchev–Trinajstić information content (AvgIpc) is 2.82. The van der Waals surface area contributed by atoms with Crippen LogP contribution in [0.15, 0.2) is 96.3 Å². The van der Waals surface area contributed by atoms with Crippen LogP contribution >= 0.6 is 0 Å². The SMILES string of the molecule is C=C1NC2=C(C(=O)CCC2)C(c2cccc3ccccc23)C1C(=O)OCc1ccccc1. The average molecular weight is 424 g/mol. The normalized spacial score (nSPS) is 20.6. The Morgan fingerprint density at radius 1 is 0.969 bits per heavy atom. The van der Waals surface area contributed by atoms with Crippen LogP contribution in [-0.2, 0) is 20.9 Å². The molecule has 0 saturated heterocycles. The molecule has 3 aromatic carbocycles. The summed E-state index contributed by atoms with van der Waals surface area (Å²) in [5, 5.41) is 5.41. The van der Waals surface area contributed by atoms with E-state index in [1.165, 1.54) is 0 Å². The van der Waals surface area contributed by atoms with Gasteiger partial charge in [-0.25, -0.2) is 0 Å². The monoisotopic (exact) mass is 423 g/mol. The topological polar surface area (TPSA) is 55.4 Å². The van der Waals surface area contributed by atoms with Gasteiger partial charge >= 0.3 is 5.97 Å². The maximum atomic E-state index is 13.4. The number of carbonyl (C=O) groups is 2. The fourth-order valence-corrected chi connectivity index (χ4v) is 4.95. The van der Waals surface area contributed by atoms with E-state index in [-0.39, 0.29) is 18.4 Å². The Balaban J connectivity index is 1.59. The smallest absolute Gasteiger partial charge is 0.316 e. The molecular weight excluding hydrogens is 398 g/mol. The van der Waals surface area contributed by atoms with Gasteiger partial charge in [0, 0.05) is 29.3 Å². The van der Waals surface area contributed by atoms with Gasteiger partial charge in [0.05, 0.1) is 0 Å². The third-order valence-corrected chi connectivity index (χ3v) is 6.42. The summed E-state index contributed by atoms with van der Waals surface area (Å²) in [5.41, 5.74) is 4.09. The largest absolute Gasteiger partial charge is 0.460 e. The van der Waals surface area contributed by atoms with Crippen molar-refractivity contribution >= 4 is 22.5 Å². The van der Waals surface area contributed by atoms with Crippen molar-refractivity contribution < 1.29 is 14.3 Å². The standard InChI is InChI=1S/C28H25NO3/c1-18-25(28(31)32-17-19-9-3-2-4-10-19)26(27-23(29-18)15-8-16-24(27)30)22-14-7-12-20-11-5-6-13-21(20)22/h2-7,9-14,25-26,29H,1,8,15-17H2. The van der Waals surface area contributed by atoms with E-state index >= 15 is 0 Å². The molecule has 2 aliphatic rings. The molecule has 4 nitrogen and oxygen atoms in total. The number of rotatable bonds is 4. The number of nitrogens with one attached hydrogen (secondary N) is 1. The van der Waals surface area contributed by atoms with Crippen molar-refractivity contribution in [3.05, 3.63) is 107 Å². The third kappa shape index (κ3) is 3.62. The maximum Gasteiger partial charge on any atom is 0.316 e. The molecule has 0 bridgehead atoms. The Morgan fingerprint density at radius 3 is 2.56 bits per heavy atom. The molecule has 1 aliphatic carbocycles. The number of esters is 1. The van der Waals surface area contributed by atoms with Gasteiger partial charge in [-0.1, -0.05) is 79.4 Å². The Bertz CT molecular complexity index is 1240. The second kappa shape index (κ2) is 8.46. The van der Waals surface area contributed by atoms with Gasteiger partial charge in [-0.05, 0) is 34.7 Å². The Morgan fingerprint density at radius 2 is 1.72 bits per heavy atom. The molecule has 1 heterocycles. The van der Waals surface area contributed by atoms with E-state index in [9.17, 15) is 9.59 Å². The van der Waals surface area contributed by atoms with Gasteiger partial charge in [-0.2, -0.15) is 0 Å². The summed E-state index contributed by atoms with van der Waals surface area (Å²) >= 11 is 0. The lowest BCUT2D eigenvalue weighted by atomic mass is 9.70. The number of hydrogen-bond acceptors (Lipinski definition) is 4. The fraction of sp³-hybridized carbons (Fsp3) is 0.214. The van der Waals surface area contributed by atoms with E-state index in [0.29, 0.717) is 17.7 Å². The van der Waals surface area contributed by atoms with E-state index in [1.54, 1.807) is 0 Å². The van der Waals surface area contributed by atoms with Crippen LogP contribution < -0.4 is 5.32 Å². The molecule has 3 aromatic rings. The van der Waals surface area contributed by atoms with Gasteiger partial charge in [-0.15, -0.1) is 0 Å². The molecule has 0 fully saturated rings. The molecule has 5 rings (SSSR count). The lowest BCUT2D eigenvalue weighted by molar-refractivity contribution is -0.149. The molecule has 0 amide bonds. The van der Waals surface area contributed by atoms with Crippen LogP contribution in [0.3, 0.4) is 0 Å². The van der Waals surface area contributed by atoms with Crippen molar-refractivity contribution in [3.63, 3.8) is 0 Å². The summed E-state index contributed by atoms with van der Waals surface area (Å²) < 4.78 is 5.74. The summed E-state index contributed by atoms with van der Waals surface area (Å²) in [6, 6.07) is 23.8. The zero-order valence-electron chi connectivity index (χ0n) is 17.8. The van der Waals surface area contributed by atoms with Crippen LogP contribution in [0.25, 0.3) is 10.8 Å². The number of allylic oxidation sites excluding steroid dienone is 2. The number of Topliss-reactive ketones (excluding diaryl/α,β-unsaturated/α-hetero) is 1. The zero-order chi connectivity index (χ0) is 22.1. The van der Waals surface area contributed by atoms with Crippen LogP contribution in [0.5, 0.6) is 0 Å². The number of carbonyl (C=O) groups excluding carboxylic acids is 2. The number of ketones is 1. The quantitative estimate of drug-likeness (QED) is 0.571. The van der Waals surface area contributed by atoms with Gasteiger partial charge in [0.1, 0.15) is 12.5 Å². The first kappa shape index (κ1) is 20.3. The summed E-state index contributed by atoms with van der Waals surface area (Å²) in [6.07, 6.45) is 2.09. The highest BCUT2D eigenvalue weighted by Crippen LogP contribution is 2.46. The fourth-order valence-electron chi connectivity index (χ4n) is 4.95. The lowest BCUT2D eigenvalue weighted by Gasteiger charge is -2.38. The minimum atomic E-state index is -0.676. The Kier molecular flexibility index (Phi) is 5.36. The van der Waals surface area contributed by atoms with Crippen molar-refractivity contribution in [2.75, 3.05) is 0 Å². The predicted molar refractivity (Wildman–Crippen MR) is 125 cm³/mol. The molecule has 2 unspecified atom stereocenters. The highest BCUT2D eigenvalue weighted by Gasteiger charge is 2.44. The van der Waals surface area contributed by atoms with E-state index in [2.05, 4.69) is 30.1 Å². The molecule has 32 heavy (non-hydrogen) atoms. The number of fused-ring (bicyclic) bond motifs is 1. The van der Waals surface area contributed by atoms with Crippen molar-refractivity contribution in [3.8, 4) is 0 Å². The molecular formula is C28H25NO3. The maximum absolute atomic E-state index is 13.4. The van der Waals surface area contributed by atoms with Crippen molar-refractivity contribution in [2.45, 2.75) is 31.8 Å². The van der Waals surface area contributed by atoms with Crippen LogP contribution in [0.2, 0.25) is 0 Å². The van der Waals surface area contributed by atoms with Gasteiger partial charge < -0.3 is 10.1 Å². The molecule has 2 atom stereocenters. The zero-order valence-corrected chi connectivity index (χ0v) is 17.8. The minimum Gasteiger partial charge on any atom is -0.460 e. The first-order valence-electron chi connectivity index (χ1n) is 11.0. The molecule has 0 aromatic heterocycles. The van der Waals surface area contributed by atoms with Gasteiger partial charge in [0.25, 0.3) is 0 Å². The van der Waals surface area contributed by atoms with Crippen LogP contribution in [0.1, 0.15) is 36.3 Å². The first-order valence-corrected chi connectivity index (χ1v) is 11.0. The van der Waals surface area contributed by atoms with E-state index in [4.69, 9.17) is 4.74 Å². The van der Waals surface area contributed by atoms with Crippen molar-refractivity contribution in [2.24, 2.45) is 5.92 Å². The summed E-state index contributed by atoms with van der Waals surface area (Å²) in [7, 11) is 0. The Labute approximate surface area is 187 Å². The Hall–Kier alpha value is -3.66. The molecule has 4 heteroatoms. The molecule has 160 valence electrons. The highest BCUT2D eigenvalue weighted by atomic mass is 16.5. The van der Waals surface area contributed by atoms with Gasteiger partial charge in [-0.3, -0.25) is 9.59 Å². The van der Waals surface area contributed by atoms with E-state index in [1.807, 2.05) is 54.6 Å². The van der Waals surface area contributed by atoms with Crippen LogP contribution in [-0.4, -0.2) is 11.8 Å². The van der Waals surface area contributed by atoms with Gasteiger partial charge in [0.2, 0.25) is 0 Å². The second-order valence-electron chi connectivity index (χ2n) is 8.44. The van der Waals surface area contributed by atoms with E-state index in [0.717, 1.165) is 40.4 Å². The number of benzene rings is 3. The first-order chi connectivity index (χ1) is 15.6. The van der Waals surface area contributed by atoms with E-state index < -0.39 is 11.8 Å². The lowest BCUT2D eigenvalue weighted by Crippen LogP contribution is -2.41. The summed E-state index contributed by atoms with van der Waals surface area (Å²) in [6.45, 7) is 4.37. The van der Waals surface area contributed by atoms with Crippen molar-refractivity contribution in [1.82, 2.24) is 5.32 Å². The van der Waals surface area contributed by atoms with Crippen LogP contribution in [0, 0.1) is 5.92 Å². The molecule has 0 saturated carbocycles. The third-order valence-electron chi connectivity index (χ3n) is 6.42.